The number of unbranched alkanes of at least 4 members (excludes halogenated alkanes) is 4. The van der Waals surface area contributed by atoms with Crippen molar-refractivity contribution in [1.82, 2.24) is 10.3 Å². The lowest BCUT2D eigenvalue weighted by atomic mass is 10.1. The molecule has 0 aliphatic rings. The van der Waals surface area contributed by atoms with Gasteiger partial charge in [-0.15, -0.1) is 0 Å². The van der Waals surface area contributed by atoms with Gasteiger partial charge in [0.05, 0.1) is 5.56 Å². The Labute approximate surface area is 136 Å². The van der Waals surface area contributed by atoms with E-state index in [1.165, 1.54) is 19.0 Å². The maximum atomic E-state index is 11.6. The predicted molar refractivity (Wildman–Crippen MR) is 76.0 cm³/mol. The molecule has 0 bridgehead atoms. The van der Waals surface area contributed by atoms with Crippen LogP contribution in [0, 0.1) is 0 Å². The summed E-state index contributed by atoms with van der Waals surface area (Å²) in [5.74, 6) is -0.568. The average Bonchev–Trinajstić information content (AvgIpc) is 2.48. The molecule has 1 rings (SSSR count). The number of amides is 1. The van der Waals surface area contributed by atoms with Crippen molar-refractivity contribution >= 4 is 11.9 Å². The highest BCUT2D eigenvalue weighted by Crippen LogP contribution is 2.05. The van der Waals surface area contributed by atoms with Gasteiger partial charge in [0.1, 0.15) is 0 Å². The lowest BCUT2D eigenvalue weighted by Gasteiger charge is -2.06. The summed E-state index contributed by atoms with van der Waals surface area (Å²) >= 11 is 0. The van der Waals surface area contributed by atoms with Gasteiger partial charge in [-0.2, -0.15) is 0 Å². The molecule has 0 saturated heterocycles. The van der Waals surface area contributed by atoms with Gasteiger partial charge >= 0.3 is 5.97 Å². The Morgan fingerprint density at radius 1 is 1.24 bits per heavy atom. The second-order valence-corrected chi connectivity index (χ2v) is 4.57. The van der Waals surface area contributed by atoms with Gasteiger partial charge in [-0.05, 0) is 18.6 Å². The van der Waals surface area contributed by atoms with E-state index < -0.39 is 0 Å². The van der Waals surface area contributed by atoms with Gasteiger partial charge in [-0.3, -0.25) is 14.6 Å². The van der Waals surface area contributed by atoms with Gasteiger partial charge in [0.15, 0.2) is 6.73 Å². The van der Waals surface area contributed by atoms with E-state index in [9.17, 15) is 9.59 Å². The van der Waals surface area contributed by atoms with Crippen LogP contribution in [0.5, 0.6) is 0 Å². The number of ether oxygens (including phenoxy) is 1. The van der Waals surface area contributed by atoms with Crippen LogP contribution in [0.3, 0.4) is 0 Å². The van der Waals surface area contributed by atoms with Gasteiger partial charge in [0.2, 0.25) is 0 Å². The van der Waals surface area contributed by atoms with Crippen LogP contribution < -0.4 is 22.3 Å². The van der Waals surface area contributed by atoms with Gasteiger partial charge < -0.3 is 27.0 Å². The Morgan fingerprint density at radius 3 is 2.67 bits per heavy atom. The zero-order chi connectivity index (χ0) is 14.6. The lowest BCUT2D eigenvalue weighted by Crippen LogP contribution is -3.00. The zero-order valence-electron chi connectivity index (χ0n) is 12.3. The van der Waals surface area contributed by atoms with E-state index in [-0.39, 0.29) is 35.6 Å². The molecule has 1 heterocycles. The smallest absolute Gasteiger partial charge is 0.307 e. The van der Waals surface area contributed by atoms with Crippen molar-refractivity contribution in [2.75, 3.05) is 6.73 Å². The zero-order valence-corrected chi connectivity index (χ0v) is 13.9. The molecule has 0 aliphatic heterocycles. The van der Waals surface area contributed by atoms with Crippen LogP contribution in [-0.4, -0.2) is 23.6 Å². The maximum absolute atomic E-state index is 11.6. The van der Waals surface area contributed by atoms with E-state index in [4.69, 9.17) is 4.74 Å². The predicted octanol–water partition coefficient (Wildman–Crippen LogP) is -0.323. The normalized spacial score (nSPS) is 9.57. The molecule has 118 valence electrons. The van der Waals surface area contributed by atoms with Crippen LogP contribution in [0.2, 0.25) is 0 Å². The Kier molecular flexibility index (Phi) is 11.5. The number of rotatable bonds is 9. The fraction of sp³-hybridized carbons (Fsp3) is 0.533. The molecule has 1 aromatic rings. The van der Waals surface area contributed by atoms with E-state index in [1.54, 1.807) is 18.3 Å². The van der Waals surface area contributed by atoms with Crippen molar-refractivity contribution in [2.24, 2.45) is 0 Å². The van der Waals surface area contributed by atoms with Crippen molar-refractivity contribution in [2.45, 2.75) is 45.4 Å². The van der Waals surface area contributed by atoms with Gasteiger partial charge in [0.25, 0.3) is 5.91 Å². The number of carbonyl (C=O) groups is 2. The van der Waals surface area contributed by atoms with E-state index >= 15 is 0 Å². The number of hydrogen-bond donors (Lipinski definition) is 1. The van der Waals surface area contributed by atoms with Crippen molar-refractivity contribution < 1.29 is 31.3 Å². The molecule has 0 fully saturated rings. The first kappa shape index (κ1) is 19.6. The molecule has 0 aliphatic carbocycles. The molecular formula is C15H22BrN2O3-. The van der Waals surface area contributed by atoms with Crippen LogP contribution in [0.15, 0.2) is 24.5 Å². The summed E-state index contributed by atoms with van der Waals surface area (Å²) in [6.07, 6.45) is 8.90. The number of halogens is 1. The van der Waals surface area contributed by atoms with Crippen molar-refractivity contribution in [1.29, 1.82) is 0 Å². The molecule has 0 spiro atoms. The molecule has 0 radical (unpaired) electrons. The Bertz CT molecular complexity index is 413. The number of aromatic nitrogens is 1. The third kappa shape index (κ3) is 9.18. The number of nitrogens with zero attached hydrogens (tertiary/aromatic N) is 1. The Hall–Kier alpha value is -1.43. The van der Waals surface area contributed by atoms with Crippen molar-refractivity contribution in [3.05, 3.63) is 30.1 Å². The first-order chi connectivity index (χ1) is 9.74. The molecule has 6 heteroatoms. The monoisotopic (exact) mass is 357 g/mol. The highest BCUT2D eigenvalue weighted by Gasteiger charge is 2.06. The van der Waals surface area contributed by atoms with Crippen LogP contribution in [0.4, 0.5) is 0 Å². The molecule has 0 atom stereocenters. The summed E-state index contributed by atoms with van der Waals surface area (Å²) in [5.41, 5.74) is 0.447. The largest absolute Gasteiger partial charge is 1.00 e. The minimum atomic E-state index is -0.297. The molecule has 21 heavy (non-hydrogen) atoms. The Morgan fingerprint density at radius 2 is 2.00 bits per heavy atom. The lowest BCUT2D eigenvalue weighted by molar-refractivity contribution is -0.144. The molecular weight excluding hydrogens is 336 g/mol. The summed E-state index contributed by atoms with van der Waals surface area (Å²) in [5, 5.41) is 2.52. The second-order valence-electron chi connectivity index (χ2n) is 4.57. The molecule has 0 saturated carbocycles. The fourth-order valence-corrected chi connectivity index (χ4v) is 1.73. The number of esters is 1. The first-order valence-electron chi connectivity index (χ1n) is 7.08. The highest BCUT2D eigenvalue weighted by atomic mass is 79.9. The van der Waals surface area contributed by atoms with E-state index in [1.807, 2.05) is 0 Å². The third-order valence-electron chi connectivity index (χ3n) is 2.87. The van der Waals surface area contributed by atoms with E-state index in [0.717, 1.165) is 19.3 Å². The van der Waals surface area contributed by atoms with E-state index in [0.29, 0.717) is 12.0 Å². The molecule has 5 nitrogen and oxygen atoms in total. The quantitative estimate of drug-likeness (QED) is 0.373. The fourth-order valence-electron chi connectivity index (χ4n) is 1.73. The molecule has 1 N–H and O–H groups in total. The van der Waals surface area contributed by atoms with Crippen LogP contribution >= 0.6 is 0 Å². The number of carbonyl (C=O) groups excluding carboxylic acids is 2. The minimum Gasteiger partial charge on any atom is -1.00 e. The van der Waals surface area contributed by atoms with Crippen molar-refractivity contribution in [3.63, 3.8) is 0 Å². The Balaban J connectivity index is 0.00000400. The maximum Gasteiger partial charge on any atom is 0.307 e. The molecule has 1 aromatic heterocycles. The van der Waals surface area contributed by atoms with Gasteiger partial charge in [0, 0.05) is 18.8 Å². The molecule has 0 unspecified atom stereocenters. The highest BCUT2D eigenvalue weighted by molar-refractivity contribution is 5.93. The number of pyridine rings is 1. The molecule has 1 amide bonds. The summed E-state index contributed by atoms with van der Waals surface area (Å²) in [6.45, 7) is 2.06. The minimum absolute atomic E-state index is 0. The SMILES string of the molecule is CCCCCCCC(=O)OCNC(=O)c1cccnc1.[Br-]. The molecule has 0 aromatic carbocycles. The number of nitrogens with one attached hydrogen (secondary N) is 1. The van der Waals surface area contributed by atoms with Crippen molar-refractivity contribution in [3.8, 4) is 0 Å². The third-order valence-corrected chi connectivity index (χ3v) is 2.87. The summed E-state index contributed by atoms with van der Waals surface area (Å²) in [7, 11) is 0. The van der Waals surface area contributed by atoms with Gasteiger partial charge in [-0.1, -0.05) is 32.6 Å². The van der Waals surface area contributed by atoms with Crippen LogP contribution in [-0.2, 0) is 9.53 Å². The van der Waals surface area contributed by atoms with Crippen LogP contribution in [0.25, 0.3) is 0 Å². The summed E-state index contributed by atoms with van der Waals surface area (Å²) < 4.78 is 4.95. The standard InChI is InChI=1S/C15H22N2O3.BrH/c1-2-3-4-5-6-9-14(18)20-12-17-15(19)13-8-7-10-16-11-13;/h7-8,10-11H,2-6,9,12H2,1H3,(H,17,19);1H/p-1. The number of hydrogen-bond acceptors (Lipinski definition) is 4. The topological polar surface area (TPSA) is 68.3 Å². The first-order valence-corrected chi connectivity index (χ1v) is 7.08. The second kappa shape index (κ2) is 12.3. The van der Waals surface area contributed by atoms with E-state index in [2.05, 4.69) is 17.2 Å². The van der Waals surface area contributed by atoms with Gasteiger partial charge in [-0.25, -0.2) is 0 Å². The average molecular weight is 358 g/mol. The summed E-state index contributed by atoms with van der Waals surface area (Å²) in [4.78, 5) is 26.9. The van der Waals surface area contributed by atoms with Crippen LogP contribution in [0.1, 0.15) is 55.8 Å². The summed E-state index contributed by atoms with van der Waals surface area (Å²) in [6, 6.07) is 3.33.